The van der Waals surface area contributed by atoms with Gasteiger partial charge in [-0.05, 0) is 38.8 Å². The van der Waals surface area contributed by atoms with Crippen molar-refractivity contribution >= 4 is 17.7 Å². The molecule has 0 bridgehead atoms. The number of amides is 1. The van der Waals surface area contributed by atoms with Gasteiger partial charge in [0.25, 0.3) is 0 Å². The van der Waals surface area contributed by atoms with Crippen LogP contribution in [0.15, 0.2) is 42.3 Å². The molecule has 0 aromatic carbocycles. The monoisotopic (exact) mass is 399 g/mol. The van der Waals surface area contributed by atoms with Crippen molar-refractivity contribution in [1.82, 2.24) is 24.6 Å². The van der Waals surface area contributed by atoms with Crippen LogP contribution in [0.25, 0.3) is 11.4 Å². The molecule has 6 nitrogen and oxygen atoms in total. The van der Waals surface area contributed by atoms with Gasteiger partial charge in [0.05, 0.1) is 5.25 Å². The van der Waals surface area contributed by atoms with Gasteiger partial charge in [-0.3, -0.25) is 14.3 Å². The number of allylic oxidation sites excluding steroid dienone is 1. The van der Waals surface area contributed by atoms with Gasteiger partial charge in [-0.2, -0.15) is 0 Å². The maximum Gasteiger partial charge on any atom is 0.236 e. The van der Waals surface area contributed by atoms with Gasteiger partial charge in [0.2, 0.25) is 5.91 Å². The van der Waals surface area contributed by atoms with E-state index in [2.05, 4.69) is 33.6 Å². The van der Waals surface area contributed by atoms with Crippen LogP contribution in [0.5, 0.6) is 0 Å². The SMILES string of the molecule is C=CCn1c(SC(C)C(=O)N(CC)C2CCCCC2)nnc1-c1ccncc1. The number of rotatable bonds is 8. The van der Waals surface area contributed by atoms with Crippen molar-refractivity contribution in [2.75, 3.05) is 6.54 Å². The summed E-state index contributed by atoms with van der Waals surface area (Å²) in [7, 11) is 0. The fourth-order valence-electron chi connectivity index (χ4n) is 3.81. The Morgan fingerprint density at radius 2 is 2.04 bits per heavy atom. The summed E-state index contributed by atoms with van der Waals surface area (Å²) in [5.41, 5.74) is 0.951. The van der Waals surface area contributed by atoms with E-state index in [1.165, 1.54) is 31.0 Å². The van der Waals surface area contributed by atoms with Crippen LogP contribution in [-0.4, -0.2) is 48.4 Å². The Kier molecular flexibility index (Phi) is 7.25. The van der Waals surface area contributed by atoms with Crippen LogP contribution in [0.4, 0.5) is 0 Å². The predicted octanol–water partition coefficient (Wildman–Crippen LogP) is 4.19. The second-order valence-electron chi connectivity index (χ2n) is 7.12. The molecule has 1 aliphatic rings. The number of hydrogen-bond donors (Lipinski definition) is 0. The number of pyridine rings is 1. The standard InChI is InChI=1S/C21H29N5OS/c1-4-15-26-19(17-11-13-22-14-12-17)23-24-21(26)28-16(3)20(27)25(5-2)18-9-7-6-8-10-18/h4,11-14,16,18H,1,5-10,15H2,2-3H3. The van der Waals surface area contributed by atoms with Gasteiger partial charge in [0.1, 0.15) is 0 Å². The number of carbonyl (C=O) groups is 1. The molecule has 0 saturated heterocycles. The lowest BCUT2D eigenvalue weighted by Crippen LogP contribution is -2.44. The molecule has 0 spiro atoms. The molecular weight excluding hydrogens is 370 g/mol. The van der Waals surface area contributed by atoms with E-state index in [4.69, 9.17) is 0 Å². The maximum atomic E-state index is 13.1. The third kappa shape index (κ3) is 4.63. The number of hydrogen-bond acceptors (Lipinski definition) is 5. The Bertz CT molecular complexity index is 785. The Morgan fingerprint density at radius 3 is 2.68 bits per heavy atom. The molecule has 0 N–H and O–H groups in total. The highest BCUT2D eigenvalue weighted by atomic mass is 32.2. The lowest BCUT2D eigenvalue weighted by Gasteiger charge is -2.35. The van der Waals surface area contributed by atoms with Crippen LogP contribution in [0.3, 0.4) is 0 Å². The number of thioether (sulfide) groups is 1. The van der Waals surface area contributed by atoms with E-state index in [1.54, 1.807) is 12.4 Å². The van der Waals surface area contributed by atoms with Crippen molar-refractivity contribution in [2.45, 2.75) is 68.9 Å². The van der Waals surface area contributed by atoms with Gasteiger partial charge in [-0.15, -0.1) is 16.8 Å². The zero-order chi connectivity index (χ0) is 19.9. The van der Waals surface area contributed by atoms with Crippen molar-refractivity contribution in [3.05, 3.63) is 37.2 Å². The van der Waals surface area contributed by atoms with E-state index in [1.807, 2.05) is 29.7 Å². The first-order valence-electron chi connectivity index (χ1n) is 10.1. The number of aromatic nitrogens is 4. The van der Waals surface area contributed by atoms with Crippen LogP contribution >= 0.6 is 11.8 Å². The van der Waals surface area contributed by atoms with E-state index in [-0.39, 0.29) is 11.2 Å². The summed E-state index contributed by atoms with van der Waals surface area (Å²) in [6.45, 7) is 9.25. The molecule has 28 heavy (non-hydrogen) atoms. The lowest BCUT2D eigenvalue weighted by atomic mass is 9.94. The van der Waals surface area contributed by atoms with Crippen molar-refractivity contribution in [3.8, 4) is 11.4 Å². The molecule has 1 saturated carbocycles. The van der Waals surface area contributed by atoms with Gasteiger partial charge < -0.3 is 4.90 Å². The van der Waals surface area contributed by atoms with Gasteiger partial charge >= 0.3 is 0 Å². The second-order valence-corrected chi connectivity index (χ2v) is 8.43. The molecule has 150 valence electrons. The zero-order valence-corrected chi connectivity index (χ0v) is 17.6. The van der Waals surface area contributed by atoms with Gasteiger partial charge in [-0.1, -0.05) is 37.1 Å². The minimum Gasteiger partial charge on any atom is -0.339 e. The molecule has 2 aromatic rings. The van der Waals surface area contributed by atoms with Crippen molar-refractivity contribution in [3.63, 3.8) is 0 Å². The van der Waals surface area contributed by atoms with Crippen LogP contribution < -0.4 is 0 Å². The minimum absolute atomic E-state index is 0.193. The Hall–Kier alpha value is -2.15. The fraction of sp³-hybridized carbons (Fsp3) is 0.524. The average Bonchev–Trinajstić information content (AvgIpc) is 3.12. The topological polar surface area (TPSA) is 63.9 Å². The van der Waals surface area contributed by atoms with E-state index < -0.39 is 0 Å². The van der Waals surface area contributed by atoms with Crippen molar-refractivity contribution < 1.29 is 4.79 Å². The summed E-state index contributed by atoms with van der Waals surface area (Å²) in [6, 6.07) is 4.20. The van der Waals surface area contributed by atoms with Crippen molar-refractivity contribution in [2.24, 2.45) is 0 Å². The van der Waals surface area contributed by atoms with Crippen molar-refractivity contribution in [1.29, 1.82) is 0 Å². The molecule has 7 heteroatoms. The maximum absolute atomic E-state index is 13.1. The Labute approximate surface area is 171 Å². The van der Waals surface area contributed by atoms with Gasteiger partial charge in [0.15, 0.2) is 11.0 Å². The van der Waals surface area contributed by atoms with Crippen LogP contribution in [-0.2, 0) is 11.3 Å². The lowest BCUT2D eigenvalue weighted by molar-refractivity contribution is -0.133. The molecule has 1 atom stereocenters. The summed E-state index contributed by atoms with van der Waals surface area (Å²) in [5, 5.41) is 9.27. The summed E-state index contributed by atoms with van der Waals surface area (Å²) < 4.78 is 2.01. The largest absolute Gasteiger partial charge is 0.339 e. The molecular formula is C21H29N5OS. The summed E-state index contributed by atoms with van der Waals surface area (Å²) in [5.74, 6) is 0.960. The van der Waals surface area contributed by atoms with Gasteiger partial charge in [-0.25, -0.2) is 0 Å². The summed E-state index contributed by atoms with van der Waals surface area (Å²) in [6.07, 6.45) is 11.3. The van der Waals surface area contributed by atoms with E-state index in [0.29, 0.717) is 12.6 Å². The molecule has 2 heterocycles. The number of carbonyl (C=O) groups excluding carboxylic acids is 1. The molecule has 3 rings (SSSR count). The molecule has 1 fully saturated rings. The zero-order valence-electron chi connectivity index (χ0n) is 16.8. The highest BCUT2D eigenvalue weighted by Crippen LogP contribution is 2.29. The minimum atomic E-state index is -0.208. The second kappa shape index (κ2) is 9.87. The number of nitrogens with zero attached hydrogens (tertiary/aromatic N) is 5. The first-order chi connectivity index (χ1) is 13.7. The van der Waals surface area contributed by atoms with Crippen LogP contribution in [0.2, 0.25) is 0 Å². The average molecular weight is 400 g/mol. The molecule has 1 amide bonds. The first kappa shape index (κ1) is 20.6. The predicted molar refractivity (Wildman–Crippen MR) is 113 cm³/mol. The first-order valence-corrected chi connectivity index (χ1v) is 10.9. The highest BCUT2D eigenvalue weighted by molar-refractivity contribution is 8.00. The van der Waals surface area contributed by atoms with Crippen LogP contribution in [0, 0.1) is 0 Å². The molecule has 2 aromatic heterocycles. The van der Waals surface area contributed by atoms with E-state index in [9.17, 15) is 4.79 Å². The fourth-order valence-corrected chi connectivity index (χ4v) is 4.74. The Balaban J connectivity index is 1.77. The molecule has 1 unspecified atom stereocenters. The third-order valence-corrected chi connectivity index (χ3v) is 6.30. The summed E-state index contributed by atoms with van der Waals surface area (Å²) >= 11 is 1.48. The van der Waals surface area contributed by atoms with E-state index >= 15 is 0 Å². The normalized spacial score (nSPS) is 15.9. The quantitative estimate of drug-likeness (QED) is 0.492. The van der Waals surface area contributed by atoms with E-state index in [0.717, 1.165) is 35.9 Å². The van der Waals surface area contributed by atoms with Gasteiger partial charge in [0, 0.05) is 37.1 Å². The van der Waals surface area contributed by atoms with Crippen LogP contribution in [0.1, 0.15) is 46.0 Å². The Morgan fingerprint density at radius 1 is 1.32 bits per heavy atom. The third-order valence-electron chi connectivity index (χ3n) is 5.24. The molecule has 0 aliphatic heterocycles. The summed E-state index contributed by atoms with van der Waals surface area (Å²) in [4.78, 5) is 19.3. The molecule has 1 aliphatic carbocycles. The smallest absolute Gasteiger partial charge is 0.236 e. The highest BCUT2D eigenvalue weighted by Gasteiger charge is 2.29. The molecule has 0 radical (unpaired) electrons.